The average Bonchev–Trinajstić information content (AvgIpc) is 2.46. The Morgan fingerprint density at radius 1 is 1.60 bits per heavy atom. The van der Waals surface area contributed by atoms with Crippen LogP contribution in [0.3, 0.4) is 0 Å². The Morgan fingerprint density at radius 3 is 2.95 bits per heavy atom. The minimum Gasteiger partial charge on any atom is -0.375 e. The van der Waals surface area contributed by atoms with Crippen LogP contribution in [0.2, 0.25) is 5.02 Å². The van der Waals surface area contributed by atoms with Gasteiger partial charge < -0.3 is 9.64 Å². The van der Waals surface area contributed by atoms with Gasteiger partial charge in [0.15, 0.2) is 0 Å². The maximum atomic E-state index is 12.3. The summed E-state index contributed by atoms with van der Waals surface area (Å²) in [6.45, 7) is 3.56. The standard InChI is InChI=1S/C13H15ClN2O4/c1-2-10-8-15(5-6-20-10)13(17)9-3-4-12(16(18)19)11(14)7-9/h3-4,7,10H,2,5-6,8H2,1H3. The van der Waals surface area contributed by atoms with Crippen LogP contribution < -0.4 is 0 Å². The van der Waals surface area contributed by atoms with Gasteiger partial charge in [0.25, 0.3) is 11.6 Å². The van der Waals surface area contributed by atoms with E-state index in [9.17, 15) is 14.9 Å². The van der Waals surface area contributed by atoms with Gasteiger partial charge in [-0.25, -0.2) is 0 Å². The number of carbonyl (C=O) groups is 1. The smallest absolute Gasteiger partial charge is 0.287 e. The third-order valence-corrected chi connectivity index (χ3v) is 3.58. The van der Waals surface area contributed by atoms with Gasteiger partial charge in [-0.05, 0) is 18.6 Å². The summed E-state index contributed by atoms with van der Waals surface area (Å²) in [6, 6.07) is 4.04. The molecule has 1 heterocycles. The largest absolute Gasteiger partial charge is 0.375 e. The molecular weight excluding hydrogens is 284 g/mol. The fraction of sp³-hybridized carbons (Fsp3) is 0.462. The van der Waals surface area contributed by atoms with E-state index in [4.69, 9.17) is 16.3 Å². The summed E-state index contributed by atoms with van der Waals surface area (Å²) in [6.07, 6.45) is 0.881. The minimum absolute atomic E-state index is 0.0267. The van der Waals surface area contributed by atoms with Crippen LogP contribution in [-0.2, 0) is 4.74 Å². The number of benzene rings is 1. The van der Waals surface area contributed by atoms with Crippen LogP contribution in [0.15, 0.2) is 18.2 Å². The van der Waals surface area contributed by atoms with E-state index in [1.807, 2.05) is 6.92 Å². The molecule has 1 aromatic carbocycles. The Labute approximate surface area is 121 Å². The highest BCUT2D eigenvalue weighted by Crippen LogP contribution is 2.26. The molecule has 0 saturated carbocycles. The fourth-order valence-electron chi connectivity index (χ4n) is 2.12. The zero-order chi connectivity index (χ0) is 14.7. The zero-order valence-electron chi connectivity index (χ0n) is 11.0. The SMILES string of the molecule is CCC1CN(C(=O)c2ccc([N+](=O)[O-])c(Cl)c2)CCO1. The second-order valence-corrected chi connectivity index (χ2v) is 4.98. The average molecular weight is 299 g/mol. The van der Waals surface area contributed by atoms with E-state index in [1.54, 1.807) is 4.90 Å². The molecule has 0 bridgehead atoms. The first kappa shape index (κ1) is 14.7. The van der Waals surface area contributed by atoms with Gasteiger partial charge in [0.1, 0.15) is 5.02 Å². The van der Waals surface area contributed by atoms with Crippen molar-refractivity contribution in [3.05, 3.63) is 38.9 Å². The third-order valence-electron chi connectivity index (χ3n) is 3.27. The number of hydrogen-bond acceptors (Lipinski definition) is 4. The molecule has 1 aliphatic rings. The van der Waals surface area contributed by atoms with E-state index >= 15 is 0 Å². The van der Waals surface area contributed by atoms with E-state index < -0.39 is 4.92 Å². The first-order valence-electron chi connectivity index (χ1n) is 6.37. The molecule has 0 aromatic heterocycles. The summed E-state index contributed by atoms with van der Waals surface area (Å²) in [5.41, 5.74) is 0.161. The highest BCUT2D eigenvalue weighted by molar-refractivity contribution is 6.33. The number of nitro groups is 1. The van der Waals surface area contributed by atoms with Crippen molar-refractivity contribution in [1.29, 1.82) is 0 Å². The van der Waals surface area contributed by atoms with E-state index in [0.717, 1.165) is 6.42 Å². The van der Waals surface area contributed by atoms with Crippen molar-refractivity contribution in [1.82, 2.24) is 4.90 Å². The lowest BCUT2D eigenvalue weighted by atomic mass is 10.1. The number of hydrogen-bond donors (Lipinski definition) is 0. The molecule has 108 valence electrons. The Balaban J connectivity index is 2.17. The predicted octanol–water partition coefficient (Wildman–Crippen LogP) is 2.50. The van der Waals surface area contributed by atoms with Gasteiger partial charge in [0.05, 0.1) is 17.6 Å². The Morgan fingerprint density at radius 2 is 2.35 bits per heavy atom. The van der Waals surface area contributed by atoms with Crippen LogP contribution in [0, 0.1) is 10.1 Å². The van der Waals surface area contributed by atoms with Gasteiger partial charge in [-0.2, -0.15) is 0 Å². The molecule has 1 atom stereocenters. The molecule has 1 unspecified atom stereocenters. The van der Waals surface area contributed by atoms with Crippen LogP contribution in [-0.4, -0.2) is 41.5 Å². The molecule has 6 nitrogen and oxygen atoms in total. The van der Waals surface area contributed by atoms with Crippen LogP contribution in [0.5, 0.6) is 0 Å². The molecule has 7 heteroatoms. The number of nitro benzene ring substituents is 1. The second kappa shape index (κ2) is 6.19. The van der Waals surface area contributed by atoms with Gasteiger partial charge in [-0.15, -0.1) is 0 Å². The van der Waals surface area contributed by atoms with Crippen LogP contribution >= 0.6 is 11.6 Å². The van der Waals surface area contributed by atoms with Crippen molar-refractivity contribution in [2.75, 3.05) is 19.7 Å². The molecule has 0 aliphatic carbocycles. The van der Waals surface area contributed by atoms with Crippen molar-refractivity contribution < 1.29 is 14.5 Å². The number of rotatable bonds is 3. The summed E-state index contributed by atoms with van der Waals surface area (Å²) >= 11 is 5.83. The summed E-state index contributed by atoms with van der Waals surface area (Å²) in [5.74, 6) is -0.177. The monoisotopic (exact) mass is 298 g/mol. The van der Waals surface area contributed by atoms with E-state index in [0.29, 0.717) is 25.3 Å². The summed E-state index contributed by atoms with van der Waals surface area (Å²) < 4.78 is 5.51. The van der Waals surface area contributed by atoms with Crippen LogP contribution in [0.25, 0.3) is 0 Å². The van der Waals surface area contributed by atoms with Crippen LogP contribution in [0.4, 0.5) is 5.69 Å². The predicted molar refractivity (Wildman–Crippen MR) is 74.0 cm³/mol. The second-order valence-electron chi connectivity index (χ2n) is 4.58. The number of carbonyl (C=O) groups excluding carboxylic acids is 1. The maximum absolute atomic E-state index is 12.3. The fourth-order valence-corrected chi connectivity index (χ4v) is 2.37. The van der Waals surface area contributed by atoms with Crippen LogP contribution in [0.1, 0.15) is 23.7 Å². The summed E-state index contributed by atoms with van der Waals surface area (Å²) in [5, 5.41) is 10.7. The van der Waals surface area contributed by atoms with Gasteiger partial charge in [0, 0.05) is 24.7 Å². The zero-order valence-corrected chi connectivity index (χ0v) is 11.8. The topological polar surface area (TPSA) is 72.7 Å². The molecule has 1 amide bonds. The molecule has 1 aromatic rings. The first-order valence-corrected chi connectivity index (χ1v) is 6.75. The van der Waals surface area contributed by atoms with Gasteiger partial charge in [0.2, 0.25) is 0 Å². The van der Waals surface area contributed by atoms with E-state index in [-0.39, 0.29) is 22.7 Å². The summed E-state index contributed by atoms with van der Waals surface area (Å²) in [4.78, 5) is 24.2. The Bertz CT molecular complexity index is 535. The lowest BCUT2D eigenvalue weighted by molar-refractivity contribution is -0.384. The molecule has 1 saturated heterocycles. The minimum atomic E-state index is -0.571. The van der Waals surface area contributed by atoms with Crippen molar-refractivity contribution in [2.45, 2.75) is 19.4 Å². The normalized spacial score (nSPS) is 18.9. The maximum Gasteiger partial charge on any atom is 0.287 e. The van der Waals surface area contributed by atoms with Crippen molar-refractivity contribution in [3.63, 3.8) is 0 Å². The van der Waals surface area contributed by atoms with Crippen molar-refractivity contribution >= 4 is 23.2 Å². The molecule has 1 aliphatic heterocycles. The number of morpholine rings is 1. The third kappa shape index (κ3) is 3.08. The highest BCUT2D eigenvalue weighted by Gasteiger charge is 2.25. The van der Waals surface area contributed by atoms with Crippen molar-refractivity contribution in [3.8, 4) is 0 Å². The van der Waals surface area contributed by atoms with E-state index in [1.165, 1.54) is 18.2 Å². The first-order chi connectivity index (χ1) is 9.52. The lowest BCUT2D eigenvalue weighted by Gasteiger charge is -2.32. The summed E-state index contributed by atoms with van der Waals surface area (Å²) in [7, 11) is 0. The number of ether oxygens (including phenoxy) is 1. The molecule has 0 radical (unpaired) electrons. The van der Waals surface area contributed by atoms with Gasteiger partial charge in [-0.1, -0.05) is 18.5 Å². The molecule has 0 N–H and O–H groups in total. The van der Waals surface area contributed by atoms with Crippen molar-refractivity contribution in [2.24, 2.45) is 0 Å². The number of amides is 1. The molecule has 0 spiro atoms. The van der Waals surface area contributed by atoms with E-state index in [2.05, 4.69) is 0 Å². The number of halogens is 1. The Kier molecular flexibility index (Phi) is 4.57. The molecular formula is C13H15ClN2O4. The quantitative estimate of drug-likeness (QED) is 0.635. The Hall–Kier alpha value is -1.66. The molecule has 1 fully saturated rings. The molecule has 20 heavy (non-hydrogen) atoms. The highest BCUT2D eigenvalue weighted by atomic mass is 35.5. The number of nitrogens with zero attached hydrogens (tertiary/aromatic N) is 2. The lowest BCUT2D eigenvalue weighted by Crippen LogP contribution is -2.45. The van der Waals surface area contributed by atoms with Gasteiger partial charge >= 0.3 is 0 Å². The molecule has 2 rings (SSSR count). The van der Waals surface area contributed by atoms with Gasteiger partial charge in [-0.3, -0.25) is 14.9 Å².